The molecule has 0 aliphatic carbocycles. The summed E-state index contributed by atoms with van der Waals surface area (Å²) in [4.78, 5) is 20.5. The SMILES string of the molecule is CN1CCCc2cc(-c3nccc(=O)[nH]3)ccc21. The Balaban J connectivity index is 2.07. The first kappa shape index (κ1) is 11.0. The zero-order valence-electron chi connectivity index (χ0n) is 10.3. The predicted octanol–water partition coefficient (Wildman–Crippen LogP) is 1.82. The Kier molecular flexibility index (Phi) is 2.63. The number of aryl methyl sites for hydroxylation is 1. The van der Waals surface area contributed by atoms with E-state index in [0.29, 0.717) is 5.82 Å². The Hall–Kier alpha value is -2.10. The lowest BCUT2D eigenvalue weighted by molar-refractivity contribution is 0.744. The Morgan fingerprint density at radius 3 is 3.06 bits per heavy atom. The summed E-state index contributed by atoms with van der Waals surface area (Å²) < 4.78 is 0. The summed E-state index contributed by atoms with van der Waals surface area (Å²) in [5.41, 5.74) is 3.47. The molecule has 3 rings (SSSR count). The molecule has 0 saturated carbocycles. The second kappa shape index (κ2) is 4.29. The van der Waals surface area contributed by atoms with E-state index in [0.717, 1.165) is 18.5 Å². The number of fused-ring (bicyclic) bond motifs is 1. The topological polar surface area (TPSA) is 49.0 Å². The Labute approximate surface area is 105 Å². The van der Waals surface area contributed by atoms with Gasteiger partial charge in [0.2, 0.25) is 0 Å². The zero-order chi connectivity index (χ0) is 12.5. The minimum atomic E-state index is -0.116. The fourth-order valence-electron chi connectivity index (χ4n) is 2.45. The molecule has 0 atom stereocenters. The second-order valence-electron chi connectivity index (χ2n) is 4.65. The Morgan fingerprint density at radius 2 is 2.22 bits per heavy atom. The third-order valence-corrected chi connectivity index (χ3v) is 3.37. The molecule has 92 valence electrons. The van der Waals surface area contributed by atoms with Crippen molar-refractivity contribution < 1.29 is 0 Å². The molecule has 0 saturated heterocycles. The highest BCUT2D eigenvalue weighted by molar-refractivity contribution is 5.65. The molecular weight excluding hydrogens is 226 g/mol. The van der Waals surface area contributed by atoms with Crippen LogP contribution in [0.3, 0.4) is 0 Å². The first-order chi connectivity index (χ1) is 8.74. The third-order valence-electron chi connectivity index (χ3n) is 3.37. The molecule has 2 heterocycles. The van der Waals surface area contributed by atoms with E-state index in [1.165, 1.54) is 23.7 Å². The average molecular weight is 241 g/mol. The number of nitrogens with zero attached hydrogens (tertiary/aromatic N) is 2. The summed E-state index contributed by atoms with van der Waals surface area (Å²) in [7, 11) is 2.11. The molecule has 1 N–H and O–H groups in total. The van der Waals surface area contributed by atoms with Gasteiger partial charge in [-0.2, -0.15) is 0 Å². The van der Waals surface area contributed by atoms with E-state index in [4.69, 9.17) is 0 Å². The first-order valence-electron chi connectivity index (χ1n) is 6.14. The summed E-state index contributed by atoms with van der Waals surface area (Å²) in [6, 6.07) is 7.68. The summed E-state index contributed by atoms with van der Waals surface area (Å²) >= 11 is 0. The lowest BCUT2D eigenvalue weighted by atomic mass is 9.99. The van der Waals surface area contributed by atoms with Gasteiger partial charge in [-0.05, 0) is 36.6 Å². The van der Waals surface area contributed by atoms with Gasteiger partial charge in [0.1, 0.15) is 5.82 Å². The number of anilines is 1. The summed E-state index contributed by atoms with van der Waals surface area (Å²) in [5.74, 6) is 0.638. The average Bonchev–Trinajstić information content (AvgIpc) is 2.39. The molecule has 4 nitrogen and oxygen atoms in total. The third kappa shape index (κ3) is 1.90. The fourth-order valence-corrected chi connectivity index (χ4v) is 2.45. The van der Waals surface area contributed by atoms with Crippen LogP contribution in [0.1, 0.15) is 12.0 Å². The van der Waals surface area contributed by atoms with Gasteiger partial charge in [-0.25, -0.2) is 4.98 Å². The fraction of sp³-hybridized carbons (Fsp3) is 0.286. The monoisotopic (exact) mass is 241 g/mol. The Morgan fingerprint density at radius 1 is 1.33 bits per heavy atom. The molecule has 0 unspecified atom stereocenters. The molecule has 1 aliphatic heterocycles. The lowest BCUT2D eigenvalue weighted by Gasteiger charge is -2.27. The van der Waals surface area contributed by atoms with Crippen LogP contribution in [0.2, 0.25) is 0 Å². The van der Waals surface area contributed by atoms with E-state index in [1.54, 1.807) is 6.20 Å². The Bertz CT molecular complexity index is 633. The summed E-state index contributed by atoms with van der Waals surface area (Å²) in [6.45, 7) is 1.10. The van der Waals surface area contributed by atoms with Crippen molar-refractivity contribution >= 4 is 5.69 Å². The van der Waals surface area contributed by atoms with Crippen LogP contribution in [0.4, 0.5) is 5.69 Å². The van der Waals surface area contributed by atoms with E-state index in [1.807, 2.05) is 6.07 Å². The molecule has 0 bridgehead atoms. The quantitative estimate of drug-likeness (QED) is 0.828. The largest absolute Gasteiger partial charge is 0.374 e. The zero-order valence-corrected chi connectivity index (χ0v) is 10.3. The van der Waals surface area contributed by atoms with Crippen molar-refractivity contribution in [3.05, 3.63) is 46.4 Å². The molecular formula is C14H15N3O. The van der Waals surface area contributed by atoms with Crippen LogP contribution in [-0.2, 0) is 6.42 Å². The van der Waals surface area contributed by atoms with Crippen molar-refractivity contribution in [1.29, 1.82) is 0 Å². The van der Waals surface area contributed by atoms with Crippen molar-refractivity contribution in [2.75, 3.05) is 18.5 Å². The van der Waals surface area contributed by atoms with Gasteiger partial charge in [-0.1, -0.05) is 0 Å². The molecule has 18 heavy (non-hydrogen) atoms. The van der Waals surface area contributed by atoms with Crippen LogP contribution in [0.5, 0.6) is 0 Å². The van der Waals surface area contributed by atoms with Crippen LogP contribution in [0, 0.1) is 0 Å². The van der Waals surface area contributed by atoms with Gasteiger partial charge in [0.05, 0.1) is 0 Å². The molecule has 0 amide bonds. The predicted molar refractivity (Wildman–Crippen MR) is 71.9 cm³/mol. The standard InChI is InChI=1S/C14H15N3O/c1-17-8-2-3-10-9-11(4-5-12(10)17)14-15-7-6-13(18)16-14/h4-7,9H,2-3,8H2,1H3,(H,15,16,18). The van der Waals surface area contributed by atoms with Crippen molar-refractivity contribution in [2.45, 2.75) is 12.8 Å². The molecule has 0 radical (unpaired) electrons. The van der Waals surface area contributed by atoms with Crippen LogP contribution in [0.25, 0.3) is 11.4 Å². The van der Waals surface area contributed by atoms with E-state index in [9.17, 15) is 4.79 Å². The smallest absolute Gasteiger partial charge is 0.251 e. The highest BCUT2D eigenvalue weighted by Crippen LogP contribution is 2.29. The van der Waals surface area contributed by atoms with Crippen molar-refractivity contribution in [3.8, 4) is 11.4 Å². The highest BCUT2D eigenvalue weighted by atomic mass is 16.1. The van der Waals surface area contributed by atoms with Gasteiger partial charge in [0.15, 0.2) is 0 Å². The number of hydrogen-bond acceptors (Lipinski definition) is 3. The van der Waals surface area contributed by atoms with Gasteiger partial charge >= 0.3 is 0 Å². The number of nitrogens with one attached hydrogen (secondary N) is 1. The van der Waals surface area contributed by atoms with Crippen molar-refractivity contribution in [1.82, 2.24) is 9.97 Å². The van der Waals surface area contributed by atoms with Crippen LogP contribution in [-0.4, -0.2) is 23.6 Å². The maximum absolute atomic E-state index is 11.3. The molecule has 4 heteroatoms. The van der Waals surface area contributed by atoms with Gasteiger partial charge in [-0.15, -0.1) is 0 Å². The van der Waals surface area contributed by atoms with E-state index < -0.39 is 0 Å². The van der Waals surface area contributed by atoms with Crippen LogP contribution in [0.15, 0.2) is 35.3 Å². The van der Waals surface area contributed by atoms with Gasteiger partial charge in [0, 0.05) is 37.1 Å². The maximum Gasteiger partial charge on any atom is 0.251 e. The van der Waals surface area contributed by atoms with E-state index in [-0.39, 0.29) is 5.56 Å². The molecule has 0 fully saturated rings. The normalized spacial score (nSPS) is 14.4. The molecule has 0 spiro atoms. The highest BCUT2D eigenvalue weighted by Gasteiger charge is 2.14. The number of aromatic nitrogens is 2. The summed E-state index contributed by atoms with van der Waals surface area (Å²) in [6.07, 6.45) is 3.80. The number of hydrogen-bond donors (Lipinski definition) is 1. The minimum absolute atomic E-state index is 0.116. The number of aromatic amines is 1. The number of benzene rings is 1. The number of rotatable bonds is 1. The molecule has 1 aliphatic rings. The van der Waals surface area contributed by atoms with Gasteiger partial charge < -0.3 is 9.88 Å². The van der Waals surface area contributed by atoms with Crippen LogP contribution < -0.4 is 10.5 Å². The molecule has 1 aromatic carbocycles. The minimum Gasteiger partial charge on any atom is -0.374 e. The lowest BCUT2D eigenvalue weighted by Crippen LogP contribution is -2.24. The molecule has 1 aromatic heterocycles. The van der Waals surface area contributed by atoms with E-state index in [2.05, 4.69) is 34.0 Å². The van der Waals surface area contributed by atoms with Gasteiger partial charge in [0.25, 0.3) is 5.56 Å². The second-order valence-corrected chi connectivity index (χ2v) is 4.65. The maximum atomic E-state index is 11.3. The first-order valence-corrected chi connectivity index (χ1v) is 6.14. The summed E-state index contributed by atoms with van der Waals surface area (Å²) in [5, 5.41) is 0. The van der Waals surface area contributed by atoms with Crippen molar-refractivity contribution in [2.24, 2.45) is 0 Å². The van der Waals surface area contributed by atoms with E-state index >= 15 is 0 Å². The number of H-pyrrole nitrogens is 1. The molecule has 2 aromatic rings. The van der Waals surface area contributed by atoms with Crippen LogP contribution >= 0.6 is 0 Å². The van der Waals surface area contributed by atoms with Crippen molar-refractivity contribution in [3.63, 3.8) is 0 Å². The van der Waals surface area contributed by atoms with Gasteiger partial charge in [-0.3, -0.25) is 4.79 Å².